The Morgan fingerprint density at radius 3 is 2.36 bits per heavy atom. The highest BCUT2D eigenvalue weighted by Gasteiger charge is 2.19. The first kappa shape index (κ1) is 18.2. The van der Waals surface area contributed by atoms with Crippen LogP contribution in [0.15, 0.2) is 24.3 Å². The summed E-state index contributed by atoms with van der Waals surface area (Å²) in [6.07, 6.45) is 0.623. The fourth-order valence-corrected chi connectivity index (χ4v) is 2.16. The zero-order valence-corrected chi connectivity index (χ0v) is 13.7. The molecule has 2 amide bonds. The second-order valence-electron chi connectivity index (χ2n) is 6.22. The van der Waals surface area contributed by atoms with Crippen LogP contribution in [0.25, 0.3) is 0 Å². The molecule has 0 radical (unpaired) electrons. The molecule has 1 aromatic carbocycles. The van der Waals surface area contributed by atoms with Crippen LogP contribution in [0, 0.1) is 5.92 Å². The van der Waals surface area contributed by atoms with Gasteiger partial charge in [-0.05, 0) is 36.0 Å². The van der Waals surface area contributed by atoms with Crippen LogP contribution < -0.4 is 10.6 Å². The van der Waals surface area contributed by atoms with Crippen molar-refractivity contribution < 1.29 is 14.7 Å². The Balaban J connectivity index is 2.64. The predicted molar refractivity (Wildman–Crippen MR) is 87.6 cm³/mol. The van der Waals surface area contributed by atoms with Gasteiger partial charge in [0, 0.05) is 5.69 Å². The Hall–Kier alpha value is -1.88. The van der Waals surface area contributed by atoms with Crippen LogP contribution in [-0.2, 0) is 9.59 Å². The highest BCUT2D eigenvalue weighted by Crippen LogP contribution is 2.18. The maximum atomic E-state index is 11.9. The van der Waals surface area contributed by atoms with Crippen LogP contribution >= 0.6 is 0 Å². The van der Waals surface area contributed by atoms with Crippen molar-refractivity contribution in [3.05, 3.63) is 29.8 Å². The summed E-state index contributed by atoms with van der Waals surface area (Å²) in [6.45, 7) is 7.93. The van der Waals surface area contributed by atoms with Crippen LogP contribution in [0.2, 0.25) is 0 Å². The number of carbonyl (C=O) groups is 2. The molecule has 0 spiro atoms. The summed E-state index contributed by atoms with van der Waals surface area (Å²) in [5.74, 6) is -0.781. The molecule has 0 bridgehead atoms. The quantitative estimate of drug-likeness (QED) is 0.705. The molecule has 0 saturated heterocycles. The van der Waals surface area contributed by atoms with Crippen molar-refractivity contribution in [3.8, 4) is 0 Å². The Morgan fingerprint density at radius 2 is 1.82 bits per heavy atom. The minimum absolute atomic E-state index is 0.181. The molecule has 5 heteroatoms. The van der Waals surface area contributed by atoms with E-state index in [-0.39, 0.29) is 6.61 Å². The molecule has 0 fully saturated rings. The number of benzene rings is 1. The van der Waals surface area contributed by atoms with Gasteiger partial charge in [0.2, 0.25) is 0 Å². The molecule has 0 aliphatic carbocycles. The predicted octanol–water partition coefficient (Wildman–Crippen LogP) is 2.27. The Morgan fingerprint density at radius 1 is 1.14 bits per heavy atom. The number of nitrogens with one attached hydrogen (secondary N) is 2. The maximum Gasteiger partial charge on any atom is 0.313 e. The fourth-order valence-electron chi connectivity index (χ4n) is 2.16. The van der Waals surface area contributed by atoms with E-state index in [4.69, 9.17) is 0 Å². The Kier molecular flexibility index (Phi) is 7.05. The van der Waals surface area contributed by atoms with Crippen LogP contribution in [0.1, 0.15) is 45.6 Å². The van der Waals surface area contributed by atoms with Gasteiger partial charge in [0.1, 0.15) is 0 Å². The minimum Gasteiger partial charge on any atom is -0.394 e. The second-order valence-corrected chi connectivity index (χ2v) is 6.22. The molecule has 0 aromatic heterocycles. The van der Waals surface area contributed by atoms with E-state index in [0.29, 0.717) is 23.9 Å². The van der Waals surface area contributed by atoms with E-state index in [1.54, 1.807) is 6.07 Å². The van der Waals surface area contributed by atoms with Gasteiger partial charge in [0.15, 0.2) is 0 Å². The highest BCUT2D eigenvalue weighted by atomic mass is 16.3. The van der Waals surface area contributed by atoms with Crippen molar-refractivity contribution in [1.29, 1.82) is 0 Å². The van der Waals surface area contributed by atoms with Gasteiger partial charge >= 0.3 is 11.8 Å². The van der Waals surface area contributed by atoms with E-state index in [2.05, 4.69) is 24.5 Å². The number of hydrogen-bond acceptors (Lipinski definition) is 3. The topological polar surface area (TPSA) is 78.4 Å². The summed E-state index contributed by atoms with van der Waals surface area (Å²) in [4.78, 5) is 23.8. The second kappa shape index (κ2) is 8.54. The first-order valence-corrected chi connectivity index (χ1v) is 7.66. The number of hydrogen-bond donors (Lipinski definition) is 3. The minimum atomic E-state index is -0.727. The highest BCUT2D eigenvalue weighted by molar-refractivity contribution is 6.39. The monoisotopic (exact) mass is 306 g/mol. The number of aliphatic hydroxyl groups excluding tert-OH is 1. The Labute approximate surface area is 132 Å². The maximum absolute atomic E-state index is 11.9. The lowest BCUT2D eigenvalue weighted by Gasteiger charge is -2.18. The third kappa shape index (κ3) is 5.85. The largest absolute Gasteiger partial charge is 0.394 e. The molecule has 0 aliphatic rings. The summed E-state index contributed by atoms with van der Waals surface area (Å²) in [6, 6.07) is 7.02. The zero-order valence-electron chi connectivity index (χ0n) is 13.7. The van der Waals surface area contributed by atoms with Crippen molar-refractivity contribution in [2.24, 2.45) is 5.92 Å². The van der Waals surface area contributed by atoms with Gasteiger partial charge in [-0.3, -0.25) is 9.59 Å². The van der Waals surface area contributed by atoms with Gasteiger partial charge < -0.3 is 15.7 Å². The van der Waals surface area contributed by atoms with Crippen LogP contribution in [0.5, 0.6) is 0 Å². The van der Waals surface area contributed by atoms with Gasteiger partial charge in [-0.2, -0.15) is 0 Å². The third-order valence-corrected chi connectivity index (χ3v) is 3.33. The molecule has 0 aliphatic heterocycles. The van der Waals surface area contributed by atoms with Crippen molar-refractivity contribution >= 4 is 17.5 Å². The molecule has 0 heterocycles. The van der Waals surface area contributed by atoms with Crippen LogP contribution in [-0.4, -0.2) is 29.6 Å². The first-order valence-electron chi connectivity index (χ1n) is 7.66. The molecule has 1 unspecified atom stereocenters. The lowest BCUT2D eigenvalue weighted by atomic mass is 10.0. The lowest BCUT2D eigenvalue weighted by Crippen LogP contribution is -2.44. The molecule has 122 valence electrons. The summed E-state index contributed by atoms with van der Waals surface area (Å²) < 4.78 is 0. The van der Waals surface area contributed by atoms with E-state index in [1.807, 2.05) is 32.0 Å². The standard InChI is InChI=1S/C17H26N2O3/c1-11(2)8-15(10-20)19-17(22)16(21)18-14-7-5-6-13(9-14)12(3)4/h5-7,9,11-12,15,20H,8,10H2,1-4H3,(H,18,21)(H,19,22). The fraction of sp³-hybridized carbons (Fsp3) is 0.529. The number of rotatable bonds is 6. The van der Waals surface area contributed by atoms with Crippen molar-refractivity contribution in [1.82, 2.24) is 5.32 Å². The normalized spacial score (nSPS) is 12.3. The van der Waals surface area contributed by atoms with Gasteiger partial charge in [-0.1, -0.05) is 39.8 Å². The molecule has 0 saturated carbocycles. The van der Waals surface area contributed by atoms with Crippen LogP contribution in [0.3, 0.4) is 0 Å². The molecule has 5 nitrogen and oxygen atoms in total. The van der Waals surface area contributed by atoms with E-state index < -0.39 is 17.9 Å². The molecule has 3 N–H and O–H groups in total. The number of amides is 2. The molecular weight excluding hydrogens is 280 g/mol. The van der Waals surface area contributed by atoms with Crippen molar-refractivity contribution in [3.63, 3.8) is 0 Å². The summed E-state index contributed by atoms with van der Waals surface area (Å²) in [5.41, 5.74) is 1.68. The molecule has 1 rings (SSSR count). The molecule has 1 atom stereocenters. The summed E-state index contributed by atoms with van der Waals surface area (Å²) >= 11 is 0. The number of anilines is 1. The van der Waals surface area contributed by atoms with E-state index in [0.717, 1.165) is 5.56 Å². The Bertz CT molecular complexity index is 512. The first-order chi connectivity index (χ1) is 10.3. The van der Waals surface area contributed by atoms with Crippen LogP contribution in [0.4, 0.5) is 5.69 Å². The molecule has 1 aromatic rings. The zero-order chi connectivity index (χ0) is 16.7. The van der Waals surface area contributed by atoms with E-state index >= 15 is 0 Å². The average molecular weight is 306 g/mol. The van der Waals surface area contributed by atoms with Crippen molar-refractivity contribution in [2.75, 3.05) is 11.9 Å². The number of carbonyl (C=O) groups excluding carboxylic acids is 2. The summed E-state index contributed by atoms with van der Waals surface area (Å²) in [7, 11) is 0. The number of aliphatic hydroxyl groups is 1. The van der Waals surface area contributed by atoms with Gasteiger partial charge in [-0.15, -0.1) is 0 Å². The lowest BCUT2D eigenvalue weighted by molar-refractivity contribution is -0.136. The third-order valence-electron chi connectivity index (χ3n) is 3.33. The van der Waals surface area contributed by atoms with Gasteiger partial charge in [0.05, 0.1) is 12.6 Å². The molecular formula is C17H26N2O3. The molecule has 22 heavy (non-hydrogen) atoms. The smallest absolute Gasteiger partial charge is 0.313 e. The average Bonchev–Trinajstić information content (AvgIpc) is 2.46. The summed E-state index contributed by atoms with van der Waals surface area (Å²) in [5, 5.41) is 14.4. The van der Waals surface area contributed by atoms with E-state index in [1.165, 1.54) is 0 Å². The van der Waals surface area contributed by atoms with E-state index in [9.17, 15) is 14.7 Å². The SMILES string of the molecule is CC(C)CC(CO)NC(=O)C(=O)Nc1cccc(C(C)C)c1. The van der Waals surface area contributed by atoms with Gasteiger partial charge in [-0.25, -0.2) is 0 Å². The van der Waals surface area contributed by atoms with Gasteiger partial charge in [0.25, 0.3) is 0 Å². The van der Waals surface area contributed by atoms with Crippen molar-refractivity contribution in [2.45, 2.75) is 46.1 Å².